The van der Waals surface area contributed by atoms with Crippen LogP contribution in [0.3, 0.4) is 0 Å². The van der Waals surface area contributed by atoms with Crippen LogP contribution in [0.4, 0.5) is 5.13 Å². The number of anilines is 1. The van der Waals surface area contributed by atoms with Gasteiger partial charge in [0.15, 0.2) is 5.13 Å². The van der Waals surface area contributed by atoms with Crippen LogP contribution in [-0.2, 0) is 0 Å². The molecule has 0 aromatic carbocycles. The van der Waals surface area contributed by atoms with Gasteiger partial charge >= 0.3 is 0 Å². The molecular formula is C7H13N3S2. The Morgan fingerprint density at radius 1 is 1.58 bits per heavy atom. The maximum Gasteiger partial charge on any atom is 0.181 e. The lowest BCUT2D eigenvalue weighted by Crippen LogP contribution is -1.99. The number of thiazole rings is 1. The highest BCUT2D eigenvalue weighted by Crippen LogP contribution is 2.30. The summed E-state index contributed by atoms with van der Waals surface area (Å²) in [6.07, 6.45) is 1.04. The second kappa shape index (κ2) is 4.69. The van der Waals surface area contributed by atoms with E-state index in [1.54, 1.807) is 23.1 Å². The molecule has 1 rings (SSSR count). The van der Waals surface area contributed by atoms with E-state index in [0.717, 1.165) is 24.4 Å². The highest BCUT2D eigenvalue weighted by molar-refractivity contribution is 8.01. The van der Waals surface area contributed by atoms with E-state index in [-0.39, 0.29) is 0 Å². The molecule has 0 radical (unpaired) electrons. The Labute approximate surface area is 80.6 Å². The van der Waals surface area contributed by atoms with E-state index < -0.39 is 0 Å². The minimum Gasteiger partial charge on any atom is -0.375 e. The average Bonchev–Trinajstić information content (AvgIpc) is 2.31. The quantitative estimate of drug-likeness (QED) is 0.574. The van der Waals surface area contributed by atoms with Crippen molar-refractivity contribution in [2.75, 3.05) is 18.0 Å². The Hall–Kier alpha value is -0.260. The molecule has 0 aliphatic rings. The number of hydrogen-bond acceptors (Lipinski definition) is 5. The molecule has 0 spiro atoms. The molecule has 68 valence electrons. The zero-order valence-electron chi connectivity index (χ0n) is 7.04. The number of aryl methyl sites for hydroxylation is 1. The van der Waals surface area contributed by atoms with Crippen molar-refractivity contribution in [2.45, 2.75) is 17.6 Å². The molecule has 0 aliphatic carbocycles. The van der Waals surface area contributed by atoms with Gasteiger partial charge in [0.05, 0.1) is 9.90 Å². The summed E-state index contributed by atoms with van der Waals surface area (Å²) in [5.41, 5.74) is 12.0. The largest absolute Gasteiger partial charge is 0.375 e. The predicted molar refractivity (Wildman–Crippen MR) is 55.7 cm³/mol. The fourth-order valence-electron chi connectivity index (χ4n) is 0.785. The van der Waals surface area contributed by atoms with E-state index >= 15 is 0 Å². The molecule has 0 amide bonds. The van der Waals surface area contributed by atoms with Gasteiger partial charge in [-0.2, -0.15) is 0 Å². The zero-order chi connectivity index (χ0) is 8.97. The number of rotatable bonds is 4. The molecule has 0 fully saturated rings. The highest BCUT2D eigenvalue weighted by Gasteiger charge is 2.04. The minimum absolute atomic E-state index is 0.655. The van der Waals surface area contributed by atoms with Crippen LogP contribution in [0.1, 0.15) is 12.1 Å². The summed E-state index contributed by atoms with van der Waals surface area (Å²) >= 11 is 3.34. The van der Waals surface area contributed by atoms with E-state index in [9.17, 15) is 0 Å². The molecule has 4 N–H and O–H groups in total. The Bertz CT molecular complexity index is 247. The SMILES string of the molecule is Cc1nc(N)sc1SCCCN. The van der Waals surface area contributed by atoms with Gasteiger partial charge in [0.1, 0.15) is 0 Å². The van der Waals surface area contributed by atoms with Crippen LogP contribution in [0.15, 0.2) is 4.21 Å². The highest BCUT2D eigenvalue weighted by atomic mass is 32.2. The van der Waals surface area contributed by atoms with E-state index in [1.165, 1.54) is 4.21 Å². The van der Waals surface area contributed by atoms with Crippen molar-refractivity contribution in [3.05, 3.63) is 5.69 Å². The Balaban J connectivity index is 2.45. The molecular weight excluding hydrogens is 190 g/mol. The standard InChI is InChI=1S/C7H13N3S2/c1-5-6(11-4-2-3-8)12-7(9)10-5/h2-4,8H2,1H3,(H2,9,10). The van der Waals surface area contributed by atoms with Crippen molar-refractivity contribution in [2.24, 2.45) is 5.73 Å². The summed E-state index contributed by atoms with van der Waals surface area (Å²) in [6, 6.07) is 0. The molecule has 0 saturated heterocycles. The lowest BCUT2D eigenvalue weighted by Gasteiger charge is -1.95. The van der Waals surface area contributed by atoms with Crippen molar-refractivity contribution in [3.63, 3.8) is 0 Å². The first-order valence-electron chi connectivity index (χ1n) is 3.80. The topological polar surface area (TPSA) is 64.9 Å². The lowest BCUT2D eigenvalue weighted by molar-refractivity contribution is 0.943. The summed E-state index contributed by atoms with van der Waals surface area (Å²) in [5.74, 6) is 1.05. The van der Waals surface area contributed by atoms with Crippen LogP contribution in [0, 0.1) is 6.92 Å². The number of hydrogen-bond donors (Lipinski definition) is 2. The van der Waals surface area contributed by atoms with Gasteiger partial charge in [-0.1, -0.05) is 11.3 Å². The fourth-order valence-corrected chi connectivity index (χ4v) is 2.84. The summed E-state index contributed by atoms with van der Waals surface area (Å²) in [5, 5.41) is 0.655. The van der Waals surface area contributed by atoms with E-state index in [2.05, 4.69) is 4.98 Å². The second-order valence-electron chi connectivity index (χ2n) is 2.42. The van der Waals surface area contributed by atoms with Crippen LogP contribution < -0.4 is 11.5 Å². The summed E-state index contributed by atoms with van der Waals surface area (Å²) in [7, 11) is 0. The molecule has 0 atom stereocenters. The van der Waals surface area contributed by atoms with Gasteiger partial charge in [0.25, 0.3) is 0 Å². The minimum atomic E-state index is 0.655. The molecule has 5 heteroatoms. The molecule has 0 aliphatic heterocycles. The molecule has 0 unspecified atom stereocenters. The molecule has 1 heterocycles. The summed E-state index contributed by atoms with van der Waals surface area (Å²) in [4.78, 5) is 4.13. The van der Waals surface area contributed by atoms with Gasteiger partial charge in [-0.3, -0.25) is 0 Å². The maximum absolute atomic E-state index is 5.55. The van der Waals surface area contributed by atoms with Crippen LogP contribution in [0.2, 0.25) is 0 Å². The zero-order valence-corrected chi connectivity index (χ0v) is 8.67. The van der Waals surface area contributed by atoms with Crippen molar-refractivity contribution in [1.29, 1.82) is 0 Å². The van der Waals surface area contributed by atoms with Gasteiger partial charge in [-0.15, -0.1) is 11.8 Å². The van der Waals surface area contributed by atoms with Crippen molar-refractivity contribution in [3.8, 4) is 0 Å². The van der Waals surface area contributed by atoms with Crippen LogP contribution in [0.25, 0.3) is 0 Å². The maximum atomic E-state index is 5.55. The molecule has 1 aromatic heterocycles. The van der Waals surface area contributed by atoms with Gasteiger partial charge < -0.3 is 11.5 Å². The molecule has 0 bridgehead atoms. The number of nitrogen functional groups attached to an aromatic ring is 1. The third kappa shape index (κ3) is 2.66. The molecule has 12 heavy (non-hydrogen) atoms. The smallest absolute Gasteiger partial charge is 0.181 e. The first kappa shape index (κ1) is 9.83. The Morgan fingerprint density at radius 2 is 2.33 bits per heavy atom. The van der Waals surface area contributed by atoms with Crippen LogP contribution in [-0.4, -0.2) is 17.3 Å². The van der Waals surface area contributed by atoms with E-state index in [1.807, 2.05) is 6.92 Å². The summed E-state index contributed by atoms with van der Waals surface area (Å²) in [6.45, 7) is 2.73. The van der Waals surface area contributed by atoms with Gasteiger partial charge in [0.2, 0.25) is 0 Å². The van der Waals surface area contributed by atoms with Crippen LogP contribution in [0.5, 0.6) is 0 Å². The third-order valence-corrected chi connectivity index (χ3v) is 3.79. The van der Waals surface area contributed by atoms with Crippen molar-refractivity contribution < 1.29 is 0 Å². The van der Waals surface area contributed by atoms with E-state index in [4.69, 9.17) is 11.5 Å². The lowest BCUT2D eigenvalue weighted by atomic mass is 10.5. The number of thioether (sulfide) groups is 1. The molecule has 1 aromatic rings. The van der Waals surface area contributed by atoms with Crippen molar-refractivity contribution in [1.82, 2.24) is 4.98 Å². The van der Waals surface area contributed by atoms with Gasteiger partial charge in [-0.25, -0.2) is 4.98 Å². The third-order valence-electron chi connectivity index (χ3n) is 1.35. The summed E-state index contributed by atoms with van der Waals surface area (Å²) < 4.78 is 1.22. The molecule has 0 saturated carbocycles. The average molecular weight is 203 g/mol. The van der Waals surface area contributed by atoms with Gasteiger partial charge in [0, 0.05) is 5.75 Å². The number of aromatic nitrogens is 1. The normalized spacial score (nSPS) is 10.5. The van der Waals surface area contributed by atoms with E-state index in [0.29, 0.717) is 5.13 Å². The Kier molecular flexibility index (Phi) is 3.84. The number of nitrogens with zero attached hydrogens (tertiary/aromatic N) is 1. The predicted octanol–water partition coefficient (Wildman–Crippen LogP) is 1.47. The first-order valence-corrected chi connectivity index (χ1v) is 5.60. The van der Waals surface area contributed by atoms with Gasteiger partial charge in [-0.05, 0) is 19.9 Å². The second-order valence-corrected chi connectivity index (χ2v) is 4.81. The molecule has 3 nitrogen and oxygen atoms in total. The monoisotopic (exact) mass is 203 g/mol. The fraction of sp³-hybridized carbons (Fsp3) is 0.571. The van der Waals surface area contributed by atoms with Crippen LogP contribution >= 0.6 is 23.1 Å². The van der Waals surface area contributed by atoms with Crippen molar-refractivity contribution >= 4 is 28.2 Å². The Morgan fingerprint density at radius 3 is 2.83 bits per heavy atom. The first-order chi connectivity index (χ1) is 5.74. The number of nitrogens with two attached hydrogens (primary N) is 2.